The molecule has 2 heterocycles. The van der Waals surface area contributed by atoms with Gasteiger partial charge in [0.2, 0.25) is 11.8 Å². The Labute approximate surface area is 162 Å². The highest BCUT2D eigenvalue weighted by molar-refractivity contribution is 8.01. The maximum absolute atomic E-state index is 12.5. The molecule has 3 rings (SSSR count). The summed E-state index contributed by atoms with van der Waals surface area (Å²) in [6.45, 7) is 6.60. The van der Waals surface area contributed by atoms with Crippen molar-refractivity contribution < 1.29 is 9.59 Å². The van der Waals surface area contributed by atoms with Gasteiger partial charge in [-0.2, -0.15) is 0 Å². The molecule has 3 fully saturated rings. The lowest BCUT2D eigenvalue weighted by molar-refractivity contribution is -0.133. The minimum absolute atomic E-state index is 0.0118. The van der Waals surface area contributed by atoms with Gasteiger partial charge in [0.1, 0.15) is 0 Å². The molecule has 0 aromatic heterocycles. The molecule has 0 aromatic rings. The number of nitrogens with one attached hydrogen (secondary N) is 2. The topological polar surface area (TPSA) is 61.4 Å². The molecule has 5 nitrogen and oxygen atoms in total. The van der Waals surface area contributed by atoms with Crippen molar-refractivity contribution in [2.45, 2.75) is 76.1 Å². The zero-order valence-electron chi connectivity index (χ0n) is 16.4. The van der Waals surface area contributed by atoms with E-state index in [2.05, 4.69) is 29.4 Å². The number of hydrogen-bond acceptors (Lipinski definition) is 4. The Morgan fingerprint density at radius 2 is 1.92 bits per heavy atom. The van der Waals surface area contributed by atoms with E-state index >= 15 is 0 Å². The summed E-state index contributed by atoms with van der Waals surface area (Å²) in [7, 11) is 0. The van der Waals surface area contributed by atoms with Crippen LogP contribution in [0.4, 0.5) is 0 Å². The predicted octanol–water partition coefficient (Wildman–Crippen LogP) is 2.75. The van der Waals surface area contributed by atoms with Gasteiger partial charge in [-0.05, 0) is 31.1 Å². The number of carbonyl (C=O) groups excluding carboxylic acids is 2. The van der Waals surface area contributed by atoms with Crippen LogP contribution in [0.15, 0.2) is 0 Å². The quantitative estimate of drug-likeness (QED) is 0.743. The largest absolute Gasteiger partial charge is 0.354 e. The average molecular weight is 382 g/mol. The fourth-order valence-electron chi connectivity index (χ4n) is 4.40. The summed E-state index contributed by atoms with van der Waals surface area (Å²) in [5.41, 5.74) is 0. The first-order chi connectivity index (χ1) is 12.5. The molecule has 2 amide bonds. The average Bonchev–Trinajstić information content (AvgIpc) is 3.29. The van der Waals surface area contributed by atoms with Crippen LogP contribution in [0, 0.1) is 11.8 Å². The van der Waals surface area contributed by atoms with Gasteiger partial charge in [-0.3, -0.25) is 14.9 Å². The Hall–Kier alpha value is -0.750. The molecule has 0 bridgehead atoms. The van der Waals surface area contributed by atoms with Crippen LogP contribution >= 0.6 is 11.8 Å². The number of amides is 2. The molecular weight excluding hydrogens is 346 g/mol. The van der Waals surface area contributed by atoms with Crippen molar-refractivity contribution in [2.24, 2.45) is 11.8 Å². The van der Waals surface area contributed by atoms with E-state index in [1.807, 2.05) is 11.8 Å². The number of rotatable bonds is 6. The maximum atomic E-state index is 12.5. The van der Waals surface area contributed by atoms with Gasteiger partial charge in [0.15, 0.2) is 0 Å². The summed E-state index contributed by atoms with van der Waals surface area (Å²) >= 11 is 1.87. The van der Waals surface area contributed by atoms with Crippen molar-refractivity contribution in [1.29, 1.82) is 0 Å². The standard InChI is InChI=1S/C20H35N3O2S/c1-15(2)13-21-19(25)17-14-26-20(22-17)9-11-23(12-10-20)18(24)8-7-16-5-3-4-6-16/h15-17,22H,3-14H2,1-2H3,(H,21,25). The Bertz CT molecular complexity index is 497. The molecule has 3 aliphatic rings. The highest BCUT2D eigenvalue weighted by atomic mass is 32.2. The minimum atomic E-state index is -0.0941. The lowest BCUT2D eigenvalue weighted by atomic mass is 9.99. The van der Waals surface area contributed by atoms with Crippen LogP contribution in [0.3, 0.4) is 0 Å². The van der Waals surface area contributed by atoms with Crippen molar-refractivity contribution in [3.63, 3.8) is 0 Å². The van der Waals surface area contributed by atoms with Gasteiger partial charge >= 0.3 is 0 Å². The van der Waals surface area contributed by atoms with Gasteiger partial charge in [0, 0.05) is 31.8 Å². The van der Waals surface area contributed by atoms with E-state index < -0.39 is 0 Å². The van der Waals surface area contributed by atoms with Crippen molar-refractivity contribution in [3.8, 4) is 0 Å². The monoisotopic (exact) mass is 381 g/mol. The highest BCUT2D eigenvalue weighted by Crippen LogP contribution is 2.39. The third-order valence-electron chi connectivity index (χ3n) is 6.13. The molecule has 1 saturated carbocycles. The molecule has 0 radical (unpaired) electrons. The number of piperidine rings is 1. The number of nitrogens with zero attached hydrogens (tertiary/aromatic N) is 1. The molecule has 26 heavy (non-hydrogen) atoms. The van der Waals surface area contributed by atoms with Gasteiger partial charge in [-0.15, -0.1) is 11.8 Å². The second-order valence-electron chi connectivity index (χ2n) is 8.71. The SMILES string of the molecule is CC(C)CNC(=O)C1CSC2(CCN(C(=O)CCC3CCCC3)CC2)N1. The molecule has 6 heteroatoms. The summed E-state index contributed by atoms with van der Waals surface area (Å²) in [6, 6.07) is -0.0941. The third kappa shape index (κ3) is 5.16. The Morgan fingerprint density at radius 1 is 1.23 bits per heavy atom. The normalized spacial score (nSPS) is 26.0. The lowest BCUT2D eigenvalue weighted by Gasteiger charge is -2.39. The van der Waals surface area contributed by atoms with Crippen LogP contribution in [0.5, 0.6) is 0 Å². The first-order valence-electron chi connectivity index (χ1n) is 10.4. The van der Waals surface area contributed by atoms with Crippen molar-refractivity contribution in [2.75, 3.05) is 25.4 Å². The Morgan fingerprint density at radius 3 is 2.58 bits per heavy atom. The predicted molar refractivity (Wildman–Crippen MR) is 107 cm³/mol. The van der Waals surface area contributed by atoms with Crippen LogP contribution in [-0.4, -0.2) is 53.0 Å². The third-order valence-corrected chi connectivity index (χ3v) is 7.71. The highest BCUT2D eigenvalue weighted by Gasteiger charge is 2.44. The number of hydrogen-bond donors (Lipinski definition) is 2. The number of likely N-dealkylation sites (tertiary alicyclic amines) is 1. The molecule has 2 saturated heterocycles. The molecule has 1 spiro atoms. The van der Waals surface area contributed by atoms with Crippen molar-refractivity contribution in [3.05, 3.63) is 0 Å². The van der Waals surface area contributed by atoms with Crippen LogP contribution in [-0.2, 0) is 9.59 Å². The Kier molecular flexibility index (Phi) is 6.89. The van der Waals surface area contributed by atoms with E-state index in [1.165, 1.54) is 25.7 Å². The van der Waals surface area contributed by atoms with Gasteiger partial charge in [-0.1, -0.05) is 39.5 Å². The molecule has 0 aromatic carbocycles. The summed E-state index contributed by atoms with van der Waals surface area (Å²) in [6.07, 6.45) is 9.01. The van der Waals surface area contributed by atoms with Crippen LogP contribution in [0.1, 0.15) is 65.2 Å². The van der Waals surface area contributed by atoms with Gasteiger partial charge in [0.05, 0.1) is 10.9 Å². The van der Waals surface area contributed by atoms with E-state index in [0.29, 0.717) is 11.8 Å². The lowest BCUT2D eigenvalue weighted by Crippen LogP contribution is -2.54. The molecule has 1 atom stereocenters. The smallest absolute Gasteiger partial charge is 0.238 e. The zero-order valence-corrected chi connectivity index (χ0v) is 17.2. The van der Waals surface area contributed by atoms with Crippen molar-refractivity contribution >= 4 is 23.6 Å². The maximum Gasteiger partial charge on any atom is 0.238 e. The molecule has 1 unspecified atom stereocenters. The van der Waals surface area contributed by atoms with E-state index in [4.69, 9.17) is 0 Å². The van der Waals surface area contributed by atoms with E-state index in [9.17, 15) is 9.59 Å². The fraction of sp³-hybridized carbons (Fsp3) is 0.900. The fourth-order valence-corrected chi connectivity index (χ4v) is 5.82. The first-order valence-corrected chi connectivity index (χ1v) is 11.4. The molecule has 2 aliphatic heterocycles. The van der Waals surface area contributed by atoms with Gasteiger partial charge in [0.25, 0.3) is 0 Å². The summed E-state index contributed by atoms with van der Waals surface area (Å²) in [5, 5.41) is 6.62. The first kappa shape index (κ1) is 20.0. The van der Waals surface area contributed by atoms with Gasteiger partial charge in [-0.25, -0.2) is 0 Å². The molecular formula is C20H35N3O2S. The summed E-state index contributed by atoms with van der Waals surface area (Å²) < 4.78 is 0. The molecule has 2 N–H and O–H groups in total. The summed E-state index contributed by atoms with van der Waals surface area (Å²) in [4.78, 5) is 26.9. The summed E-state index contributed by atoms with van der Waals surface area (Å²) in [5.74, 6) is 2.55. The van der Waals surface area contributed by atoms with Crippen molar-refractivity contribution in [1.82, 2.24) is 15.5 Å². The second kappa shape index (κ2) is 8.96. The van der Waals surface area contributed by atoms with E-state index in [0.717, 1.165) is 57.0 Å². The van der Waals surface area contributed by atoms with E-state index in [1.54, 1.807) is 0 Å². The van der Waals surface area contributed by atoms with Crippen LogP contribution in [0.2, 0.25) is 0 Å². The number of carbonyl (C=O) groups is 2. The van der Waals surface area contributed by atoms with E-state index in [-0.39, 0.29) is 16.8 Å². The van der Waals surface area contributed by atoms with Crippen LogP contribution in [0.25, 0.3) is 0 Å². The molecule has 1 aliphatic carbocycles. The zero-order chi connectivity index (χ0) is 18.6. The number of thioether (sulfide) groups is 1. The van der Waals surface area contributed by atoms with Crippen LogP contribution < -0.4 is 10.6 Å². The molecule has 148 valence electrons. The minimum Gasteiger partial charge on any atom is -0.354 e. The second-order valence-corrected chi connectivity index (χ2v) is 10.1. The van der Waals surface area contributed by atoms with Gasteiger partial charge < -0.3 is 10.2 Å². The Balaban J connectivity index is 1.40.